The fraction of sp³-hybridized carbons (Fsp3) is 0.444. The number of hydrogen-bond acceptors (Lipinski definition) is 1. The van der Waals surface area contributed by atoms with E-state index < -0.39 is 5.97 Å². The van der Waals surface area contributed by atoms with Crippen molar-refractivity contribution >= 4 is 16.9 Å². The predicted octanol–water partition coefficient (Wildman–Crippen LogP) is 6.99. The smallest absolute Gasteiger partial charge is 0.337 e. The van der Waals surface area contributed by atoms with Crippen molar-refractivity contribution in [2.75, 3.05) is 0 Å². The highest BCUT2D eigenvalue weighted by atomic mass is 19.1. The summed E-state index contributed by atoms with van der Waals surface area (Å²) in [5, 5.41) is 10.9. The topological polar surface area (TPSA) is 42.2 Å². The number of aromatic nitrogens is 1. The van der Waals surface area contributed by atoms with Crippen LogP contribution >= 0.6 is 0 Å². The first-order valence-corrected chi connectivity index (χ1v) is 11.7. The molecule has 3 nitrogen and oxygen atoms in total. The summed E-state index contributed by atoms with van der Waals surface area (Å²) in [4.78, 5) is 12.0. The van der Waals surface area contributed by atoms with E-state index in [0.717, 1.165) is 30.2 Å². The van der Waals surface area contributed by atoms with Crippen LogP contribution in [0, 0.1) is 11.7 Å². The Morgan fingerprint density at radius 3 is 2.74 bits per heavy atom. The van der Waals surface area contributed by atoms with Crippen molar-refractivity contribution in [3.8, 4) is 0 Å². The van der Waals surface area contributed by atoms with E-state index in [9.17, 15) is 14.3 Å². The van der Waals surface area contributed by atoms with Gasteiger partial charge in [0.05, 0.1) is 17.6 Å². The molecule has 1 N–H and O–H groups in total. The van der Waals surface area contributed by atoms with Gasteiger partial charge in [0.25, 0.3) is 0 Å². The van der Waals surface area contributed by atoms with Gasteiger partial charge in [-0.3, -0.25) is 0 Å². The van der Waals surface area contributed by atoms with Crippen molar-refractivity contribution in [1.82, 2.24) is 4.57 Å². The van der Waals surface area contributed by atoms with Gasteiger partial charge < -0.3 is 9.67 Å². The third-order valence-electron chi connectivity index (χ3n) is 6.81. The number of benzene rings is 2. The van der Waals surface area contributed by atoms with E-state index in [2.05, 4.69) is 11.5 Å². The molecule has 4 heteroatoms. The highest BCUT2D eigenvalue weighted by molar-refractivity contribution is 6.04. The fourth-order valence-corrected chi connectivity index (χ4v) is 5.24. The number of carbonyl (C=O) groups is 1. The van der Waals surface area contributed by atoms with Crippen molar-refractivity contribution in [1.29, 1.82) is 0 Å². The fourth-order valence-electron chi connectivity index (χ4n) is 5.24. The minimum atomic E-state index is -0.927. The summed E-state index contributed by atoms with van der Waals surface area (Å²) in [5.41, 5.74) is 4.14. The molecule has 2 aromatic carbocycles. The van der Waals surface area contributed by atoms with Crippen LogP contribution in [0.15, 0.2) is 42.5 Å². The summed E-state index contributed by atoms with van der Waals surface area (Å²) in [6.07, 6.45) is 10.5. The number of carboxylic acid groups (broad SMARTS) is 1. The number of halogens is 1. The van der Waals surface area contributed by atoms with Crippen molar-refractivity contribution in [2.24, 2.45) is 5.92 Å². The minimum absolute atomic E-state index is 0.240. The molecule has 1 unspecified atom stereocenters. The third kappa shape index (κ3) is 4.53. The van der Waals surface area contributed by atoms with Crippen LogP contribution in [0.2, 0.25) is 0 Å². The summed E-state index contributed by atoms with van der Waals surface area (Å²) < 4.78 is 16.6. The van der Waals surface area contributed by atoms with Gasteiger partial charge >= 0.3 is 5.97 Å². The summed E-state index contributed by atoms with van der Waals surface area (Å²) >= 11 is 0. The number of aromatic carboxylic acids is 1. The van der Waals surface area contributed by atoms with E-state index >= 15 is 0 Å². The Bertz CT molecular complexity index is 1070. The lowest BCUT2D eigenvalue weighted by molar-refractivity contribution is 0.0698. The Morgan fingerprint density at radius 1 is 1.13 bits per heavy atom. The molecular formula is C27H32FNO2. The molecule has 0 saturated heterocycles. The van der Waals surface area contributed by atoms with Crippen LogP contribution in [-0.2, 0) is 19.4 Å². The molecule has 31 heavy (non-hydrogen) atoms. The molecule has 1 aromatic heterocycles. The van der Waals surface area contributed by atoms with Gasteiger partial charge in [-0.15, -0.1) is 0 Å². The molecule has 1 heterocycles. The number of hydrogen-bond donors (Lipinski definition) is 1. The molecule has 1 aliphatic carbocycles. The van der Waals surface area contributed by atoms with Gasteiger partial charge in [-0.25, -0.2) is 9.18 Å². The highest BCUT2D eigenvalue weighted by Crippen LogP contribution is 2.37. The molecule has 4 rings (SSSR count). The van der Waals surface area contributed by atoms with Gasteiger partial charge in [-0.05, 0) is 49.3 Å². The summed E-state index contributed by atoms with van der Waals surface area (Å²) in [6.45, 7) is 2.60. The number of nitrogens with zero attached hydrogens (tertiary/aromatic N) is 1. The Balaban J connectivity index is 1.79. The first-order valence-electron chi connectivity index (χ1n) is 11.7. The Hall–Kier alpha value is -2.62. The van der Waals surface area contributed by atoms with Crippen molar-refractivity contribution in [3.05, 3.63) is 70.7 Å². The number of fused-ring (bicyclic) bond motifs is 3. The van der Waals surface area contributed by atoms with Gasteiger partial charge in [0, 0.05) is 16.6 Å². The van der Waals surface area contributed by atoms with Gasteiger partial charge in [-0.2, -0.15) is 0 Å². The molecule has 164 valence electrons. The van der Waals surface area contributed by atoms with Gasteiger partial charge in [0.1, 0.15) is 5.82 Å². The molecule has 0 spiro atoms. The molecule has 0 fully saturated rings. The van der Waals surface area contributed by atoms with Gasteiger partial charge in [0.2, 0.25) is 0 Å². The molecular weight excluding hydrogens is 389 g/mol. The second kappa shape index (κ2) is 9.67. The molecule has 0 aliphatic heterocycles. The maximum Gasteiger partial charge on any atom is 0.337 e. The van der Waals surface area contributed by atoms with E-state index in [1.165, 1.54) is 55.8 Å². The van der Waals surface area contributed by atoms with Crippen LogP contribution < -0.4 is 0 Å². The molecule has 0 bridgehead atoms. The van der Waals surface area contributed by atoms with Gasteiger partial charge in [0.15, 0.2) is 0 Å². The Morgan fingerprint density at radius 2 is 1.97 bits per heavy atom. The average Bonchev–Trinajstić information content (AvgIpc) is 2.91. The number of carboxylic acids is 1. The third-order valence-corrected chi connectivity index (χ3v) is 6.81. The lowest BCUT2D eigenvalue weighted by atomic mass is 9.93. The lowest BCUT2D eigenvalue weighted by Crippen LogP contribution is -2.12. The zero-order valence-electron chi connectivity index (χ0n) is 18.4. The largest absolute Gasteiger partial charge is 0.478 e. The van der Waals surface area contributed by atoms with Gasteiger partial charge in [-0.1, -0.05) is 69.4 Å². The van der Waals surface area contributed by atoms with Crippen LogP contribution in [0.25, 0.3) is 10.9 Å². The minimum Gasteiger partial charge on any atom is -0.478 e. The average molecular weight is 422 g/mol. The van der Waals surface area contributed by atoms with E-state index in [1.807, 2.05) is 18.2 Å². The van der Waals surface area contributed by atoms with Crippen LogP contribution in [0.1, 0.15) is 79.0 Å². The maximum absolute atomic E-state index is 14.5. The monoisotopic (exact) mass is 421 g/mol. The van der Waals surface area contributed by atoms with Crippen molar-refractivity contribution in [3.63, 3.8) is 0 Å². The van der Waals surface area contributed by atoms with E-state index in [0.29, 0.717) is 23.6 Å². The van der Waals surface area contributed by atoms with E-state index in [-0.39, 0.29) is 5.82 Å². The second-order valence-electron chi connectivity index (χ2n) is 8.92. The normalized spacial score (nSPS) is 16.3. The Labute approximate surface area is 183 Å². The molecule has 1 atom stereocenters. The SMILES string of the molecule is CCCCCCC1CCCc2c(n(Cc3ccccc3F)c3c(C(=O)O)cccc23)C1. The highest BCUT2D eigenvalue weighted by Gasteiger charge is 2.26. The number of aryl methyl sites for hydroxylation is 1. The first kappa shape index (κ1) is 21.6. The lowest BCUT2D eigenvalue weighted by Gasteiger charge is -2.18. The predicted molar refractivity (Wildman–Crippen MR) is 123 cm³/mol. The number of unbranched alkanes of at least 4 members (excludes halogenated alkanes) is 3. The van der Waals surface area contributed by atoms with Crippen LogP contribution in [0.4, 0.5) is 4.39 Å². The quantitative estimate of drug-likeness (QED) is 0.314. The molecule has 0 saturated carbocycles. The zero-order chi connectivity index (χ0) is 21.8. The van der Waals surface area contributed by atoms with E-state index in [4.69, 9.17) is 0 Å². The molecule has 0 radical (unpaired) electrons. The second-order valence-corrected chi connectivity index (χ2v) is 8.92. The number of rotatable bonds is 8. The first-order chi connectivity index (χ1) is 15.1. The van der Waals surface area contributed by atoms with E-state index in [1.54, 1.807) is 18.2 Å². The molecule has 1 aliphatic rings. The van der Waals surface area contributed by atoms with Crippen LogP contribution in [0.5, 0.6) is 0 Å². The zero-order valence-corrected chi connectivity index (χ0v) is 18.4. The molecule has 3 aromatic rings. The van der Waals surface area contributed by atoms with Crippen LogP contribution in [0.3, 0.4) is 0 Å². The maximum atomic E-state index is 14.5. The van der Waals surface area contributed by atoms with Crippen molar-refractivity contribution in [2.45, 2.75) is 71.3 Å². The standard InChI is InChI=1S/C27H32FNO2/c1-2-3-4-5-10-19-11-8-13-21-22-14-9-15-23(27(30)31)26(22)29(25(21)17-19)18-20-12-6-7-16-24(20)28/h6-7,9,12,14-16,19H,2-5,8,10-11,13,17-18H2,1H3,(H,30,31). The molecule has 0 amide bonds. The van der Waals surface area contributed by atoms with Crippen molar-refractivity contribution < 1.29 is 14.3 Å². The summed E-state index contributed by atoms with van der Waals surface area (Å²) in [6, 6.07) is 12.4. The summed E-state index contributed by atoms with van der Waals surface area (Å²) in [7, 11) is 0. The number of para-hydroxylation sites is 1. The van der Waals surface area contributed by atoms with Crippen LogP contribution in [-0.4, -0.2) is 15.6 Å². The Kier molecular flexibility index (Phi) is 6.74. The summed E-state index contributed by atoms with van der Waals surface area (Å²) in [5.74, 6) is -0.560.